The van der Waals surface area contributed by atoms with Gasteiger partial charge in [-0.1, -0.05) is 26.0 Å². The molecule has 2 aromatic rings. The van der Waals surface area contributed by atoms with Crippen molar-refractivity contribution >= 4 is 52.8 Å². The van der Waals surface area contributed by atoms with Gasteiger partial charge in [0.05, 0.1) is 17.8 Å². The fourth-order valence-corrected chi connectivity index (χ4v) is 4.30. The highest BCUT2D eigenvalue weighted by Gasteiger charge is 2.32. The van der Waals surface area contributed by atoms with Crippen molar-refractivity contribution in [3.8, 4) is 5.75 Å². The number of aromatic hydroxyl groups is 1. The third-order valence-electron chi connectivity index (χ3n) is 6.95. The zero-order valence-corrected chi connectivity index (χ0v) is 26.8. The molecule has 0 aliphatic heterocycles. The number of anilines is 1. The van der Waals surface area contributed by atoms with Crippen molar-refractivity contribution in [2.45, 2.75) is 70.6 Å². The number of amides is 5. The second-order valence-corrected chi connectivity index (χ2v) is 11.3. The number of carboxylic acid groups (broad SMARTS) is 2. The molecule has 2 rings (SSSR count). The van der Waals surface area contributed by atoms with E-state index in [9.17, 15) is 53.9 Å². The number of hydrogen-bond donors (Lipinski definition) is 8. The molecule has 8 N–H and O–H groups in total. The lowest BCUT2D eigenvalue weighted by atomic mass is 10.0. The van der Waals surface area contributed by atoms with Crippen LogP contribution in [0.2, 0.25) is 0 Å². The molecule has 0 spiro atoms. The molecule has 0 heterocycles. The van der Waals surface area contributed by atoms with E-state index in [0.717, 1.165) is 12.1 Å². The van der Waals surface area contributed by atoms with Gasteiger partial charge in [0.2, 0.25) is 29.5 Å². The number of carbonyl (C=O) groups is 7. The fourth-order valence-electron chi connectivity index (χ4n) is 4.30. The quantitative estimate of drug-likeness (QED) is 0.0783. The molecule has 264 valence electrons. The third-order valence-corrected chi connectivity index (χ3v) is 6.95. The van der Waals surface area contributed by atoms with Crippen LogP contribution in [0.25, 0.3) is 0 Å². The van der Waals surface area contributed by atoms with Crippen LogP contribution in [0.5, 0.6) is 5.75 Å². The molecular weight excluding hydrogens is 648 g/mol. The van der Waals surface area contributed by atoms with E-state index >= 15 is 0 Å². The molecule has 2 aromatic carbocycles. The normalized spacial score (nSPS) is 13.1. The van der Waals surface area contributed by atoms with Crippen LogP contribution in [0.1, 0.15) is 45.6 Å². The van der Waals surface area contributed by atoms with Gasteiger partial charge in [0.1, 0.15) is 29.9 Å². The summed E-state index contributed by atoms with van der Waals surface area (Å²) < 4.78 is 0. The van der Waals surface area contributed by atoms with Crippen LogP contribution in [0.15, 0.2) is 48.5 Å². The Morgan fingerprint density at radius 2 is 1.33 bits per heavy atom. The average Bonchev–Trinajstić information content (AvgIpc) is 3.02. The summed E-state index contributed by atoms with van der Waals surface area (Å²) in [5, 5.41) is 50.6. The van der Waals surface area contributed by atoms with Crippen molar-refractivity contribution in [2.24, 2.45) is 5.92 Å². The van der Waals surface area contributed by atoms with Gasteiger partial charge in [-0.05, 0) is 42.7 Å². The first-order valence-electron chi connectivity index (χ1n) is 14.9. The highest BCUT2D eigenvalue weighted by atomic mass is 16.6. The lowest BCUT2D eigenvalue weighted by Gasteiger charge is -2.27. The number of phenols is 1. The van der Waals surface area contributed by atoms with Crippen molar-refractivity contribution in [3.05, 3.63) is 64.2 Å². The summed E-state index contributed by atoms with van der Waals surface area (Å²) in [5.74, 6) is -7.48. The Kier molecular flexibility index (Phi) is 14.6. The van der Waals surface area contributed by atoms with Crippen LogP contribution in [0.3, 0.4) is 0 Å². The monoisotopic (exact) mass is 686 g/mol. The number of rotatable bonds is 18. The van der Waals surface area contributed by atoms with Crippen LogP contribution in [0, 0.1) is 16.0 Å². The number of aliphatic carboxylic acids is 2. The van der Waals surface area contributed by atoms with Gasteiger partial charge in [-0.25, -0.2) is 0 Å². The number of nitrogens with one attached hydrogen (secondary N) is 5. The van der Waals surface area contributed by atoms with Crippen molar-refractivity contribution in [1.29, 1.82) is 0 Å². The molecule has 0 bridgehead atoms. The van der Waals surface area contributed by atoms with Gasteiger partial charge < -0.3 is 41.9 Å². The van der Waals surface area contributed by atoms with Crippen LogP contribution < -0.4 is 26.6 Å². The molecule has 0 unspecified atom stereocenters. The Balaban J connectivity index is 2.13. The van der Waals surface area contributed by atoms with Gasteiger partial charge in [0.25, 0.3) is 5.69 Å². The predicted octanol–water partition coefficient (Wildman–Crippen LogP) is 0.436. The van der Waals surface area contributed by atoms with Gasteiger partial charge in [0, 0.05) is 30.7 Å². The van der Waals surface area contributed by atoms with Crippen molar-refractivity contribution in [1.82, 2.24) is 21.3 Å². The lowest BCUT2D eigenvalue weighted by Crippen LogP contribution is -2.59. The Morgan fingerprint density at radius 3 is 1.86 bits per heavy atom. The smallest absolute Gasteiger partial charge is 0.305 e. The summed E-state index contributed by atoms with van der Waals surface area (Å²) in [7, 11) is 0. The van der Waals surface area contributed by atoms with E-state index in [-0.39, 0.29) is 23.5 Å². The molecule has 0 aliphatic carbocycles. The van der Waals surface area contributed by atoms with Gasteiger partial charge in [-0.15, -0.1) is 0 Å². The number of hydrogen-bond acceptors (Lipinski definition) is 10. The number of phenolic OH excluding ortho intramolecular Hbond substituents is 1. The first-order chi connectivity index (χ1) is 23.0. The topological polar surface area (TPSA) is 283 Å². The molecule has 4 atom stereocenters. The molecule has 0 saturated heterocycles. The fraction of sp³-hybridized carbons (Fsp3) is 0.387. The second kappa shape index (κ2) is 18.3. The molecule has 18 nitrogen and oxygen atoms in total. The number of nitrogens with zero attached hydrogens (tertiary/aromatic N) is 1. The van der Waals surface area contributed by atoms with E-state index in [4.69, 9.17) is 5.11 Å². The van der Waals surface area contributed by atoms with E-state index in [2.05, 4.69) is 26.6 Å². The Bertz CT molecular complexity index is 1550. The van der Waals surface area contributed by atoms with Crippen molar-refractivity contribution in [2.75, 3.05) is 5.32 Å². The minimum Gasteiger partial charge on any atom is -0.508 e. The maximum atomic E-state index is 13.4. The summed E-state index contributed by atoms with van der Waals surface area (Å²) in [5.41, 5.74) is 0.377. The number of carboxylic acids is 2. The number of carbonyl (C=O) groups excluding carboxylic acids is 5. The van der Waals surface area contributed by atoms with Gasteiger partial charge >= 0.3 is 11.9 Å². The first-order valence-corrected chi connectivity index (χ1v) is 14.9. The van der Waals surface area contributed by atoms with Crippen LogP contribution in [-0.2, 0) is 40.0 Å². The van der Waals surface area contributed by atoms with Crippen LogP contribution in [-0.4, -0.2) is 85.9 Å². The third kappa shape index (κ3) is 13.3. The van der Waals surface area contributed by atoms with E-state index in [1.807, 2.05) is 0 Å². The van der Waals surface area contributed by atoms with E-state index in [0.29, 0.717) is 5.56 Å². The Hall–Kier alpha value is -6.07. The summed E-state index contributed by atoms with van der Waals surface area (Å²) in [6.07, 6.45) is -1.81. The number of benzene rings is 2. The molecule has 0 radical (unpaired) electrons. The molecule has 0 aliphatic rings. The van der Waals surface area contributed by atoms with Gasteiger partial charge in [-0.2, -0.15) is 0 Å². The number of nitro benzene ring substituents is 1. The van der Waals surface area contributed by atoms with E-state index < -0.39 is 95.7 Å². The summed E-state index contributed by atoms with van der Waals surface area (Å²) in [4.78, 5) is 97.3. The summed E-state index contributed by atoms with van der Waals surface area (Å²) in [6, 6.07) is 4.98. The highest BCUT2D eigenvalue weighted by molar-refractivity contribution is 6.00. The predicted molar refractivity (Wildman–Crippen MR) is 171 cm³/mol. The maximum Gasteiger partial charge on any atom is 0.305 e. The highest BCUT2D eigenvalue weighted by Crippen LogP contribution is 2.16. The molecule has 18 heteroatoms. The zero-order valence-electron chi connectivity index (χ0n) is 26.8. The van der Waals surface area contributed by atoms with Crippen molar-refractivity contribution in [3.63, 3.8) is 0 Å². The summed E-state index contributed by atoms with van der Waals surface area (Å²) in [6.45, 7) is 4.46. The van der Waals surface area contributed by atoms with E-state index in [1.54, 1.807) is 13.8 Å². The molecule has 0 fully saturated rings. The molecule has 0 saturated carbocycles. The Morgan fingerprint density at radius 1 is 0.714 bits per heavy atom. The number of non-ortho nitro benzene ring substituents is 1. The van der Waals surface area contributed by atoms with Gasteiger partial charge in [-0.3, -0.25) is 43.7 Å². The SMILES string of the molecule is CC(C)[C@@H](NC(=O)[C@H](Cc1ccc(O)cc1)NC(=O)CCC(=O)O)C(=O)N[C@@H](C)C(=O)N[C@@H](CC(=O)O)C(=O)Nc1ccc([N+](=O)[O-])cc1. The molecule has 49 heavy (non-hydrogen) atoms. The standard InChI is InChI=1S/C31H38N6O12/c1-16(2)27(36-30(46)22(34-24(39)12-13-25(40)41)14-18-4-10-21(38)11-5-18)31(47)32-17(3)28(44)35-23(15-26(42)43)29(45)33-19-6-8-20(9-7-19)37(48)49/h4-11,16-17,22-23,27,38H,12-15H2,1-3H3,(H,32,47)(H,33,45)(H,34,39)(H,35,44)(H,36,46)(H,40,41)(H,42,43)/t17-,22-,23-,27+/m0/s1. The minimum atomic E-state index is -1.61. The average molecular weight is 687 g/mol. The lowest BCUT2D eigenvalue weighted by molar-refractivity contribution is -0.384. The summed E-state index contributed by atoms with van der Waals surface area (Å²) >= 11 is 0. The van der Waals surface area contributed by atoms with E-state index in [1.165, 1.54) is 43.3 Å². The Labute approximate surface area is 279 Å². The second-order valence-electron chi connectivity index (χ2n) is 11.3. The molecular formula is C31H38N6O12. The largest absolute Gasteiger partial charge is 0.508 e. The van der Waals surface area contributed by atoms with Crippen molar-refractivity contribution < 1.29 is 53.8 Å². The minimum absolute atomic E-state index is 0.0376. The molecule has 5 amide bonds. The van der Waals surface area contributed by atoms with Gasteiger partial charge in [0.15, 0.2) is 0 Å². The first kappa shape index (κ1) is 39.1. The maximum absolute atomic E-state index is 13.4. The van der Waals surface area contributed by atoms with Crippen LogP contribution >= 0.6 is 0 Å². The number of nitro groups is 1. The zero-order chi connectivity index (χ0) is 36.8. The molecule has 0 aromatic heterocycles. The van der Waals surface area contributed by atoms with Crippen LogP contribution in [0.4, 0.5) is 11.4 Å².